The van der Waals surface area contributed by atoms with Crippen molar-refractivity contribution in [3.8, 4) is 5.75 Å². The number of pyridine rings is 1. The summed E-state index contributed by atoms with van der Waals surface area (Å²) < 4.78 is 79.4. The van der Waals surface area contributed by atoms with E-state index in [-0.39, 0.29) is 22.6 Å². The molecular formula is C18H14F6N4O2. The quantitative estimate of drug-likeness (QED) is 0.586. The number of nitrogens with one attached hydrogen (secondary N) is 2. The Morgan fingerprint density at radius 2 is 1.90 bits per heavy atom. The van der Waals surface area contributed by atoms with Crippen LogP contribution in [0, 0.1) is 0 Å². The number of halogens is 6. The maximum absolute atomic E-state index is 12.8. The summed E-state index contributed by atoms with van der Waals surface area (Å²) in [6.07, 6.45) is -7.93. The van der Waals surface area contributed by atoms with E-state index in [1.165, 1.54) is 18.2 Å². The molecule has 2 N–H and O–H groups in total. The molecule has 1 aromatic carbocycles. The van der Waals surface area contributed by atoms with Gasteiger partial charge in [-0.25, -0.2) is 4.98 Å². The zero-order valence-corrected chi connectivity index (χ0v) is 15.2. The molecule has 0 aliphatic heterocycles. The number of aromatic amines is 1. The third-order valence-electron chi connectivity index (χ3n) is 3.98. The Bertz CT molecular complexity index is 1040. The van der Waals surface area contributed by atoms with Crippen LogP contribution in [0.3, 0.4) is 0 Å². The molecule has 0 radical (unpaired) electrons. The minimum atomic E-state index is -4.54. The predicted molar refractivity (Wildman–Crippen MR) is 92.8 cm³/mol. The second-order valence-corrected chi connectivity index (χ2v) is 6.33. The summed E-state index contributed by atoms with van der Waals surface area (Å²) in [5.41, 5.74) is -0.325. The molecule has 160 valence electrons. The van der Waals surface area contributed by atoms with E-state index in [1.54, 1.807) is 6.92 Å². The Balaban J connectivity index is 1.68. The topological polar surface area (TPSA) is 79.9 Å². The molecule has 3 rings (SSSR count). The van der Waals surface area contributed by atoms with Crippen LogP contribution >= 0.6 is 0 Å². The Labute approximate surface area is 165 Å². The van der Waals surface area contributed by atoms with E-state index in [9.17, 15) is 31.1 Å². The normalized spacial score (nSPS) is 13.3. The number of amides is 1. The number of hydrogen-bond donors (Lipinski definition) is 2. The average Bonchev–Trinajstić information content (AvgIpc) is 3.09. The van der Waals surface area contributed by atoms with Gasteiger partial charge in [0, 0.05) is 0 Å². The van der Waals surface area contributed by atoms with E-state index < -0.39 is 36.5 Å². The lowest BCUT2D eigenvalue weighted by molar-refractivity contribution is -0.153. The van der Waals surface area contributed by atoms with Gasteiger partial charge in [0.2, 0.25) is 0 Å². The number of carbonyl (C=O) groups is 1. The van der Waals surface area contributed by atoms with Crippen LogP contribution in [0.5, 0.6) is 5.75 Å². The molecule has 30 heavy (non-hydrogen) atoms. The van der Waals surface area contributed by atoms with Gasteiger partial charge in [0.15, 0.2) is 12.4 Å². The molecule has 1 amide bonds. The predicted octanol–water partition coefficient (Wildman–Crippen LogP) is 4.41. The van der Waals surface area contributed by atoms with E-state index in [0.717, 1.165) is 18.3 Å². The summed E-state index contributed by atoms with van der Waals surface area (Å²) in [6.45, 7) is 0.114. The van der Waals surface area contributed by atoms with Gasteiger partial charge in [-0.05, 0) is 37.3 Å². The van der Waals surface area contributed by atoms with Crippen molar-refractivity contribution in [1.82, 2.24) is 20.3 Å². The van der Waals surface area contributed by atoms with Gasteiger partial charge in [0.25, 0.3) is 5.91 Å². The van der Waals surface area contributed by atoms with Crippen LogP contribution in [0.4, 0.5) is 26.3 Å². The molecule has 0 fully saturated rings. The first kappa shape index (κ1) is 21.4. The van der Waals surface area contributed by atoms with Crippen molar-refractivity contribution < 1.29 is 35.9 Å². The lowest BCUT2D eigenvalue weighted by atomic mass is 10.2. The smallest absolute Gasteiger partial charge is 0.422 e. The lowest BCUT2D eigenvalue weighted by Crippen LogP contribution is -2.28. The van der Waals surface area contributed by atoms with Crippen LogP contribution in [0.15, 0.2) is 36.5 Å². The van der Waals surface area contributed by atoms with Gasteiger partial charge in [-0.15, -0.1) is 0 Å². The standard InChI is InChI=1S/C18H14F6N4O2/c1-9(12-5-3-11(7-25-12)30-8-17(19,20)21)26-16(29)15-27-13-4-2-10(18(22,23)24)6-14(13)28-15/h2-7,9H,8H2,1H3,(H,26,29)(H,27,28)/t9-/m1/s1. The summed E-state index contributed by atoms with van der Waals surface area (Å²) >= 11 is 0. The summed E-state index contributed by atoms with van der Waals surface area (Å²) in [7, 11) is 0. The molecule has 12 heteroatoms. The number of nitrogens with zero attached hydrogens (tertiary/aromatic N) is 2. The Morgan fingerprint density at radius 1 is 1.17 bits per heavy atom. The zero-order chi connectivity index (χ0) is 22.1. The molecule has 0 bridgehead atoms. The van der Waals surface area contributed by atoms with Crippen LogP contribution < -0.4 is 10.1 Å². The number of carbonyl (C=O) groups excluding carboxylic acids is 1. The first-order valence-corrected chi connectivity index (χ1v) is 8.46. The molecule has 3 aromatic rings. The Morgan fingerprint density at radius 3 is 2.50 bits per heavy atom. The number of benzene rings is 1. The molecule has 0 aliphatic rings. The molecule has 6 nitrogen and oxygen atoms in total. The minimum absolute atomic E-state index is 0.0214. The molecule has 1 atom stereocenters. The fourth-order valence-corrected chi connectivity index (χ4v) is 2.53. The maximum Gasteiger partial charge on any atom is 0.422 e. The highest BCUT2D eigenvalue weighted by Crippen LogP contribution is 2.31. The SMILES string of the molecule is C[C@@H](NC(=O)c1nc2cc(C(F)(F)F)ccc2[nH]1)c1ccc(OCC(F)(F)F)cn1. The van der Waals surface area contributed by atoms with E-state index in [4.69, 9.17) is 0 Å². The van der Waals surface area contributed by atoms with Crippen LogP contribution in [0.1, 0.15) is 34.8 Å². The number of fused-ring (bicyclic) bond motifs is 1. The fraction of sp³-hybridized carbons (Fsp3) is 0.278. The van der Waals surface area contributed by atoms with Crippen LogP contribution in [0.25, 0.3) is 11.0 Å². The van der Waals surface area contributed by atoms with Crippen molar-refractivity contribution in [2.75, 3.05) is 6.61 Å². The van der Waals surface area contributed by atoms with Gasteiger partial charge < -0.3 is 15.0 Å². The molecular weight excluding hydrogens is 418 g/mol. The summed E-state index contributed by atoms with van der Waals surface area (Å²) in [4.78, 5) is 22.8. The van der Waals surface area contributed by atoms with Crippen molar-refractivity contribution in [3.05, 3.63) is 53.6 Å². The van der Waals surface area contributed by atoms with Gasteiger partial charge in [0.1, 0.15) is 5.75 Å². The van der Waals surface area contributed by atoms with Crippen molar-refractivity contribution in [2.24, 2.45) is 0 Å². The molecule has 0 spiro atoms. The summed E-state index contributed by atoms with van der Waals surface area (Å²) in [5, 5.41) is 2.56. The highest BCUT2D eigenvalue weighted by molar-refractivity contribution is 5.94. The Hall–Kier alpha value is -3.31. The van der Waals surface area contributed by atoms with E-state index in [1.807, 2.05) is 0 Å². The van der Waals surface area contributed by atoms with Crippen LogP contribution in [0.2, 0.25) is 0 Å². The third-order valence-corrected chi connectivity index (χ3v) is 3.98. The van der Waals surface area contributed by atoms with Crippen molar-refractivity contribution >= 4 is 16.9 Å². The molecule has 0 saturated carbocycles. The van der Waals surface area contributed by atoms with Gasteiger partial charge in [0.05, 0.1) is 34.5 Å². The van der Waals surface area contributed by atoms with Crippen molar-refractivity contribution in [3.63, 3.8) is 0 Å². The van der Waals surface area contributed by atoms with Crippen molar-refractivity contribution in [2.45, 2.75) is 25.3 Å². The number of imidazole rings is 1. The van der Waals surface area contributed by atoms with Gasteiger partial charge in [-0.3, -0.25) is 9.78 Å². The van der Waals surface area contributed by atoms with E-state index in [0.29, 0.717) is 5.69 Å². The zero-order valence-electron chi connectivity index (χ0n) is 15.2. The highest BCUT2D eigenvalue weighted by Gasteiger charge is 2.31. The number of alkyl halides is 6. The van der Waals surface area contributed by atoms with E-state index in [2.05, 4.69) is 25.0 Å². The number of H-pyrrole nitrogens is 1. The van der Waals surface area contributed by atoms with E-state index >= 15 is 0 Å². The third kappa shape index (κ3) is 5.19. The number of rotatable bonds is 5. The maximum atomic E-state index is 12.8. The lowest BCUT2D eigenvalue weighted by Gasteiger charge is -2.13. The van der Waals surface area contributed by atoms with Gasteiger partial charge in [-0.1, -0.05) is 0 Å². The van der Waals surface area contributed by atoms with Gasteiger partial charge >= 0.3 is 12.4 Å². The largest absolute Gasteiger partial charge is 0.483 e. The van der Waals surface area contributed by atoms with Crippen LogP contribution in [-0.4, -0.2) is 33.6 Å². The first-order valence-electron chi connectivity index (χ1n) is 8.46. The molecule has 2 heterocycles. The average molecular weight is 432 g/mol. The van der Waals surface area contributed by atoms with Gasteiger partial charge in [-0.2, -0.15) is 26.3 Å². The summed E-state index contributed by atoms with van der Waals surface area (Å²) in [6, 6.07) is 4.87. The van der Waals surface area contributed by atoms with Crippen molar-refractivity contribution in [1.29, 1.82) is 0 Å². The van der Waals surface area contributed by atoms with Crippen LogP contribution in [-0.2, 0) is 6.18 Å². The Kier molecular flexibility index (Phi) is 5.59. The minimum Gasteiger partial charge on any atom is -0.483 e. The highest BCUT2D eigenvalue weighted by atomic mass is 19.4. The molecule has 0 saturated heterocycles. The number of hydrogen-bond acceptors (Lipinski definition) is 4. The second-order valence-electron chi connectivity index (χ2n) is 6.33. The molecule has 0 unspecified atom stereocenters. The molecule has 0 aliphatic carbocycles. The monoisotopic (exact) mass is 432 g/mol. The second kappa shape index (κ2) is 7.84. The summed E-state index contributed by atoms with van der Waals surface area (Å²) in [5.74, 6) is -0.972. The molecule has 2 aromatic heterocycles. The fourth-order valence-electron chi connectivity index (χ4n) is 2.53. The first-order chi connectivity index (χ1) is 13.9. The number of ether oxygens (including phenoxy) is 1. The number of aromatic nitrogens is 3.